The number of fused-ring (bicyclic) bond motifs is 1. The maximum Gasteiger partial charge on any atom is 0.407 e. The van der Waals surface area contributed by atoms with Gasteiger partial charge in [-0.15, -0.1) is 0 Å². The Morgan fingerprint density at radius 2 is 2.06 bits per heavy atom. The third kappa shape index (κ3) is 2.92. The molecule has 2 rings (SSSR count). The van der Waals surface area contributed by atoms with Crippen LogP contribution in [0, 0.1) is 17.8 Å². The molecule has 4 nitrogen and oxygen atoms in total. The minimum Gasteiger partial charge on any atom is -0.444 e. The first-order valence-corrected chi connectivity index (χ1v) is 6.49. The molecule has 2 N–H and O–H groups in total. The number of aliphatic hydroxyl groups is 1. The molecule has 0 heterocycles. The number of aliphatic hydroxyl groups excluding tert-OH is 1. The van der Waals surface area contributed by atoms with Gasteiger partial charge in [0.1, 0.15) is 5.60 Å². The second-order valence-electron chi connectivity index (χ2n) is 6.43. The van der Waals surface area contributed by atoms with Crippen molar-refractivity contribution >= 4 is 6.09 Å². The number of nitrogens with one attached hydrogen (secondary N) is 1. The van der Waals surface area contributed by atoms with Crippen molar-refractivity contribution in [1.29, 1.82) is 0 Å². The van der Waals surface area contributed by atoms with E-state index in [0.717, 1.165) is 19.3 Å². The fraction of sp³-hybridized carbons (Fsp3) is 0.923. The zero-order valence-corrected chi connectivity index (χ0v) is 10.9. The summed E-state index contributed by atoms with van der Waals surface area (Å²) in [6.45, 7) is 5.89. The molecule has 2 aliphatic carbocycles. The molecule has 0 bridgehead atoms. The van der Waals surface area contributed by atoms with Crippen LogP contribution in [0.25, 0.3) is 0 Å². The standard InChI is InChI=1S/C13H23NO3/c1-13(2,3)17-12(16)14-11-6-9-4-8(7-15)5-10(9)11/h8-11,15H,4-7H2,1-3H3,(H,14,16). The van der Waals surface area contributed by atoms with Gasteiger partial charge in [-0.05, 0) is 57.8 Å². The molecule has 0 aromatic carbocycles. The van der Waals surface area contributed by atoms with E-state index in [0.29, 0.717) is 17.8 Å². The molecule has 1 amide bonds. The summed E-state index contributed by atoms with van der Waals surface area (Å²) in [5, 5.41) is 12.1. The fourth-order valence-electron chi connectivity index (χ4n) is 3.12. The Morgan fingerprint density at radius 1 is 1.35 bits per heavy atom. The van der Waals surface area contributed by atoms with Gasteiger partial charge in [0.15, 0.2) is 0 Å². The van der Waals surface area contributed by atoms with Gasteiger partial charge in [0.05, 0.1) is 0 Å². The van der Waals surface area contributed by atoms with E-state index in [2.05, 4.69) is 5.32 Å². The predicted molar refractivity (Wildman–Crippen MR) is 64.6 cm³/mol. The van der Waals surface area contributed by atoms with Crippen molar-refractivity contribution in [3.05, 3.63) is 0 Å². The Labute approximate surface area is 103 Å². The van der Waals surface area contributed by atoms with Crippen molar-refractivity contribution in [2.45, 2.75) is 51.7 Å². The highest BCUT2D eigenvalue weighted by Gasteiger charge is 2.48. The smallest absolute Gasteiger partial charge is 0.407 e. The van der Waals surface area contributed by atoms with Crippen LogP contribution in [0.4, 0.5) is 4.79 Å². The van der Waals surface area contributed by atoms with Crippen LogP contribution < -0.4 is 5.32 Å². The van der Waals surface area contributed by atoms with Gasteiger partial charge in [-0.1, -0.05) is 0 Å². The quantitative estimate of drug-likeness (QED) is 0.776. The molecule has 2 saturated carbocycles. The van der Waals surface area contributed by atoms with Gasteiger partial charge in [-0.25, -0.2) is 4.79 Å². The summed E-state index contributed by atoms with van der Waals surface area (Å²) in [7, 11) is 0. The summed E-state index contributed by atoms with van der Waals surface area (Å²) in [4.78, 5) is 11.6. The summed E-state index contributed by atoms with van der Waals surface area (Å²) < 4.78 is 5.25. The van der Waals surface area contributed by atoms with E-state index in [-0.39, 0.29) is 18.7 Å². The minimum absolute atomic E-state index is 0.256. The van der Waals surface area contributed by atoms with Gasteiger partial charge < -0.3 is 15.2 Å². The molecule has 0 aromatic rings. The maximum absolute atomic E-state index is 11.6. The number of alkyl carbamates (subject to hydrolysis) is 1. The maximum atomic E-state index is 11.6. The Hall–Kier alpha value is -0.770. The van der Waals surface area contributed by atoms with E-state index < -0.39 is 5.60 Å². The summed E-state index contributed by atoms with van der Waals surface area (Å²) >= 11 is 0. The molecule has 4 unspecified atom stereocenters. The van der Waals surface area contributed by atoms with Gasteiger partial charge in [0, 0.05) is 12.6 Å². The van der Waals surface area contributed by atoms with E-state index in [1.807, 2.05) is 20.8 Å². The van der Waals surface area contributed by atoms with Crippen LogP contribution in [-0.2, 0) is 4.74 Å². The van der Waals surface area contributed by atoms with E-state index in [1.165, 1.54) is 0 Å². The van der Waals surface area contributed by atoms with E-state index >= 15 is 0 Å². The van der Waals surface area contributed by atoms with Crippen LogP contribution in [0.2, 0.25) is 0 Å². The number of carbonyl (C=O) groups is 1. The molecule has 0 aromatic heterocycles. The zero-order chi connectivity index (χ0) is 12.6. The highest BCUT2D eigenvalue weighted by Crippen LogP contribution is 2.49. The number of hydrogen-bond acceptors (Lipinski definition) is 3. The highest BCUT2D eigenvalue weighted by molar-refractivity contribution is 5.68. The molecule has 2 aliphatic rings. The predicted octanol–water partition coefficient (Wildman–Crippen LogP) is 1.92. The Bertz CT molecular complexity index is 298. The van der Waals surface area contributed by atoms with Gasteiger partial charge in [-0.2, -0.15) is 0 Å². The summed E-state index contributed by atoms with van der Waals surface area (Å²) in [6, 6.07) is 0.256. The van der Waals surface area contributed by atoms with Crippen molar-refractivity contribution in [3.63, 3.8) is 0 Å². The second-order valence-corrected chi connectivity index (χ2v) is 6.43. The number of ether oxygens (including phenoxy) is 1. The van der Waals surface area contributed by atoms with Gasteiger partial charge >= 0.3 is 6.09 Å². The van der Waals surface area contributed by atoms with Crippen molar-refractivity contribution in [3.8, 4) is 0 Å². The molecule has 2 fully saturated rings. The van der Waals surface area contributed by atoms with Gasteiger partial charge in [-0.3, -0.25) is 0 Å². The molecule has 98 valence electrons. The van der Waals surface area contributed by atoms with E-state index in [1.54, 1.807) is 0 Å². The number of rotatable bonds is 2. The second kappa shape index (κ2) is 4.48. The van der Waals surface area contributed by atoms with Crippen LogP contribution in [0.3, 0.4) is 0 Å². The lowest BCUT2D eigenvalue weighted by molar-refractivity contribution is 0.0385. The van der Waals surface area contributed by atoms with E-state index in [9.17, 15) is 4.79 Å². The van der Waals surface area contributed by atoms with Crippen LogP contribution >= 0.6 is 0 Å². The average Bonchev–Trinajstić information content (AvgIpc) is 2.49. The molecule has 0 saturated heterocycles. The van der Waals surface area contributed by atoms with Crippen LogP contribution in [0.15, 0.2) is 0 Å². The third-order valence-corrected chi connectivity index (χ3v) is 3.88. The van der Waals surface area contributed by atoms with Crippen LogP contribution in [-0.4, -0.2) is 29.4 Å². The first-order chi connectivity index (χ1) is 7.89. The van der Waals surface area contributed by atoms with Gasteiger partial charge in [0.2, 0.25) is 0 Å². The summed E-state index contributed by atoms with van der Waals surface area (Å²) in [5.74, 6) is 1.70. The zero-order valence-electron chi connectivity index (χ0n) is 10.9. The normalized spacial score (nSPS) is 36.0. The Kier molecular flexibility index (Phi) is 3.34. The third-order valence-electron chi connectivity index (χ3n) is 3.88. The lowest BCUT2D eigenvalue weighted by atomic mass is 9.71. The van der Waals surface area contributed by atoms with Crippen LogP contribution in [0.5, 0.6) is 0 Å². The lowest BCUT2D eigenvalue weighted by Crippen LogP contribution is -2.51. The largest absolute Gasteiger partial charge is 0.444 e. The molecular formula is C13H23NO3. The van der Waals surface area contributed by atoms with Crippen molar-refractivity contribution in [1.82, 2.24) is 5.32 Å². The summed E-state index contributed by atoms with van der Waals surface area (Å²) in [5.41, 5.74) is -0.434. The SMILES string of the molecule is CC(C)(C)OC(=O)NC1CC2CC(CO)CC21. The summed E-state index contributed by atoms with van der Waals surface area (Å²) in [6.07, 6.45) is 2.89. The van der Waals surface area contributed by atoms with Crippen molar-refractivity contribution in [2.75, 3.05) is 6.61 Å². The van der Waals surface area contributed by atoms with Crippen molar-refractivity contribution < 1.29 is 14.6 Å². The average molecular weight is 241 g/mol. The van der Waals surface area contributed by atoms with Gasteiger partial charge in [0.25, 0.3) is 0 Å². The number of carbonyl (C=O) groups excluding carboxylic acids is 1. The monoisotopic (exact) mass is 241 g/mol. The highest BCUT2D eigenvalue weighted by atomic mass is 16.6. The molecule has 0 aliphatic heterocycles. The molecule has 0 radical (unpaired) electrons. The van der Waals surface area contributed by atoms with Crippen molar-refractivity contribution in [2.24, 2.45) is 17.8 Å². The lowest BCUT2D eigenvalue weighted by Gasteiger charge is -2.40. The molecular weight excluding hydrogens is 218 g/mol. The fourth-order valence-corrected chi connectivity index (χ4v) is 3.12. The first kappa shape index (κ1) is 12.7. The molecule has 0 spiro atoms. The molecule has 4 heteroatoms. The minimum atomic E-state index is -0.434. The molecule has 4 atom stereocenters. The molecule has 17 heavy (non-hydrogen) atoms. The number of amides is 1. The topological polar surface area (TPSA) is 58.6 Å². The number of hydrogen-bond donors (Lipinski definition) is 2. The Balaban J connectivity index is 1.77. The van der Waals surface area contributed by atoms with Crippen LogP contribution in [0.1, 0.15) is 40.0 Å². The van der Waals surface area contributed by atoms with E-state index in [4.69, 9.17) is 9.84 Å². The first-order valence-electron chi connectivity index (χ1n) is 6.49. The Morgan fingerprint density at radius 3 is 2.65 bits per heavy atom.